The average Bonchev–Trinajstić information content (AvgIpc) is 2.69. The van der Waals surface area contributed by atoms with Crippen molar-refractivity contribution in [2.24, 2.45) is 7.05 Å². The normalized spacial score (nSPS) is 17.4. The van der Waals surface area contributed by atoms with E-state index in [0.717, 1.165) is 54.6 Å². The highest BCUT2D eigenvalue weighted by molar-refractivity contribution is 6.35. The first-order valence-electron chi connectivity index (χ1n) is 6.28. The highest BCUT2D eigenvalue weighted by Gasteiger charge is 2.15. The van der Waals surface area contributed by atoms with Crippen LogP contribution in [0.25, 0.3) is 11.0 Å². The second-order valence-corrected chi connectivity index (χ2v) is 5.13. The number of imidazole rings is 1. The molecule has 1 N–H and O–H groups in total. The number of para-hydroxylation sites is 1. The number of fused-ring (bicyclic) bond motifs is 1. The van der Waals surface area contributed by atoms with Gasteiger partial charge in [-0.2, -0.15) is 0 Å². The minimum atomic E-state index is 0.772. The van der Waals surface area contributed by atoms with Crippen LogP contribution in [0.4, 0.5) is 0 Å². The van der Waals surface area contributed by atoms with E-state index in [4.69, 9.17) is 11.6 Å². The summed E-state index contributed by atoms with van der Waals surface area (Å²) >= 11 is 6.23. The second-order valence-electron chi connectivity index (χ2n) is 4.72. The molecule has 2 heterocycles. The van der Waals surface area contributed by atoms with Crippen LogP contribution in [0.2, 0.25) is 5.02 Å². The number of hydrogen-bond acceptors (Lipinski definition) is 3. The molecule has 1 aromatic carbocycles. The smallest absolute Gasteiger partial charge is 0.123 e. The number of nitrogens with zero attached hydrogens (tertiary/aromatic N) is 3. The van der Waals surface area contributed by atoms with Crippen molar-refractivity contribution < 1.29 is 0 Å². The standard InChI is InChI=1S/C13H17ClN4/c1-17-12(9-18-7-5-15-6-8-18)16-11-4-2-3-10(14)13(11)17/h2-4,15H,5-9H2,1H3. The van der Waals surface area contributed by atoms with E-state index >= 15 is 0 Å². The predicted molar refractivity (Wildman–Crippen MR) is 73.9 cm³/mol. The monoisotopic (exact) mass is 264 g/mol. The van der Waals surface area contributed by atoms with Gasteiger partial charge in [-0.3, -0.25) is 4.90 Å². The molecular weight excluding hydrogens is 248 g/mol. The maximum absolute atomic E-state index is 6.23. The molecule has 1 aliphatic rings. The fraction of sp³-hybridized carbons (Fsp3) is 0.462. The van der Waals surface area contributed by atoms with Crippen LogP contribution in [-0.2, 0) is 13.6 Å². The Bertz CT molecular complexity index is 557. The van der Waals surface area contributed by atoms with Gasteiger partial charge in [-0.1, -0.05) is 17.7 Å². The summed E-state index contributed by atoms with van der Waals surface area (Å²) < 4.78 is 2.11. The van der Waals surface area contributed by atoms with Crippen LogP contribution < -0.4 is 5.32 Å². The lowest BCUT2D eigenvalue weighted by atomic mass is 10.3. The zero-order valence-corrected chi connectivity index (χ0v) is 11.2. The third kappa shape index (κ3) is 2.11. The minimum Gasteiger partial charge on any atom is -0.329 e. The summed E-state index contributed by atoms with van der Waals surface area (Å²) in [5.41, 5.74) is 2.01. The Hall–Kier alpha value is -1.10. The summed E-state index contributed by atoms with van der Waals surface area (Å²) in [7, 11) is 2.04. The minimum absolute atomic E-state index is 0.772. The van der Waals surface area contributed by atoms with Crippen LogP contribution in [-0.4, -0.2) is 40.6 Å². The van der Waals surface area contributed by atoms with E-state index < -0.39 is 0 Å². The average molecular weight is 265 g/mol. The number of rotatable bonds is 2. The Morgan fingerprint density at radius 1 is 1.33 bits per heavy atom. The second kappa shape index (κ2) is 4.88. The van der Waals surface area contributed by atoms with Crippen LogP contribution in [0.15, 0.2) is 18.2 Å². The van der Waals surface area contributed by atoms with Crippen molar-refractivity contribution in [1.29, 1.82) is 0 Å². The molecule has 0 radical (unpaired) electrons. The molecule has 1 fully saturated rings. The quantitative estimate of drug-likeness (QED) is 0.895. The van der Waals surface area contributed by atoms with Crippen molar-refractivity contribution in [1.82, 2.24) is 19.8 Å². The molecule has 3 rings (SSSR count). The maximum Gasteiger partial charge on any atom is 0.123 e. The number of halogens is 1. The molecule has 0 spiro atoms. The fourth-order valence-electron chi connectivity index (χ4n) is 2.48. The lowest BCUT2D eigenvalue weighted by Crippen LogP contribution is -2.43. The molecule has 1 saturated heterocycles. The van der Waals surface area contributed by atoms with Gasteiger partial charge < -0.3 is 9.88 Å². The van der Waals surface area contributed by atoms with Crippen LogP contribution in [0.5, 0.6) is 0 Å². The van der Waals surface area contributed by atoms with Crippen molar-refractivity contribution in [2.75, 3.05) is 26.2 Å². The van der Waals surface area contributed by atoms with Crippen LogP contribution in [0, 0.1) is 0 Å². The van der Waals surface area contributed by atoms with E-state index in [2.05, 4.69) is 19.8 Å². The zero-order chi connectivity index (χ0) is 12.5. The molecule has 1 aromatic heterocycles. The largest absolute Gasteiger partial charge is 0.329 e. The van der Waals surface area contributed by atoms with Crippen molar-refractivity contribution in [3.63, 3.8) is 0 Å². The maximum atomic E-state index is 6.23. The van der Waals surface area contributed by atoms with Gasteiger partial charge in [-0.05, 0) is 12.1 Å². The topological polar surface area (TPSA) is 33.1 Å². The van der Waals surface area contributed by atoms with Gasteiger partial charge in [0, 0.05) is 33.2 Å². The number of piperazine rings is 1. The molecule has 1 aliphatic heterocycles. The van der Waals surface area contributed by atoms with Crippen molar-refractivity contribution in [3.8, 4) is 0 Å². The lowest BCUT2D eigenvalue weighted by Gasteiger charge is -2.26. The van der Waals surface area contributed by atoms with Gasteiger partial charge in [0.15, 0.2) is 0 Å². The highest BCUT2D eigenvalue weighted by atomic mass is 35.5. The van der Waals surface area contributed by atoms with Crippen LogP contribution >= 0.6 is 11.6 Å². The summed E-state index contributed by atoms with van der Waals surface area (Å²) in [6.07, 6.45) is 0. The lowest BCUT2D eigenvalue weighted by molar-refractivity contribution is 0.226. The summed E-state index contributed by atoms with van der Waals surface area (Å²) in [5.74, 6) is 1.08. The summed E-state index contributed by atoms with van der Waals surface area (Å²) in [6, 6.07) is 5.88. The van der Waals surface area contributed by atoms with Crippen LogP contribution in [0.3, 0.4) is 0 Å². The Labute approximate surface area is 112 Å². The van der Waals surface area contributed by atoms with Crippen molar-refractivity contribution >= 4 is 22.6 Å². The molecule has 18 heavy (non-hydrogen) atoms. The first kappa shape index (κ1) is 12.0. The SMILES string of the molecule is Cn1c(CN2CCNCC2)nc2cccc(Cl)c21. The predicted octanol–water partition coefficient (Wildman–Crippen LogP) is 1.63. The molecule has 96 valence electrons. The van der Waals surface area contributed by atoms with E-state index in [1.807, 2.05) is 25.2 Å². The molecule has 5 heteroatoms. The molecule has 4 nitrogen and oxygen atoms in total. The van der Waals surface area contributed by atoms with E-state index in [9.17, 15) is 0 Å². The number of benzene rings is 1. The molecule has 0 saturated carbocycles. The van der Waals surface area contributed by atoms with E-state index in [-0.39, 0.29) is 0 Å². The molecule has 0 amide bonds. The summed E-state index contributed by atoms with van der Waals surface area (Å²) in [4.78, 5) is 7.11. The van der Waals surface area contributed by atoms with Gasteiger partial charge in [-0.25, -0.2) is 4.98 Å². The first-order chi connectivity index (χ1) is 8.75. The van der Waals surface area contributed by atoms with Crippen molar-refractivity contribution in [3.05, 3.63) is 29.0 Å². The molecule has 0 atom stereocenters. The van der Waals surface area contributed by atoms with Crippen molar-refractivity contribution in [2.45, 2.75) is 6.54 Å². The third-order valence-electron chi connectivity index (χ3n) is 3.51. The van der Waals surface area contributed by atoms with E-state index in [0.29, 0.717) is 0 Å². The summed E-state index contributed by atoms with van der Waals surface area (Å²) in [6.45, 7) is 5.17. The van der Waals surface area contributed by atoms with Gasteiger partial charge >= 0.3 is 0 Å². The zero-order valence-electron chi connectivity index (χ0n) is 10.5. The Balaban J connectivity index is 1.92. The van der Waals surface area contributed by atoms with Gasteiger partial charge in [0.25, 0.3) is 0 Å². The Morgan fingerprint density at radius 3 is 2.83 bits per heavy atom. The number of hydrogen-bond donors (Lipinski definition) is 1. The molecule has 0 bridgehead atoms. The molecule has 0 aliphatic carbocycles. The van der Waals surface area contributed by atoms with E-state index in [1.54, 1.807) is 0 Å². The third-order valence-corrected chi connectivity index (χ3v) is 3.82. The van der Waals surface area contributed by atoms with Gasteiger partial charge in [0.05, 0.1) is 22.6 Å². The number of nitrogens with one attached hydrogen (secondary N) is 1. The number of aryl methyl sites for hydroxylation is 1. The summed E-state index contributed by atoms with van der Waals surface area (Å²) in [5, 5.41) is 4.13. The van der Waals surface area contributed by atoms with Gasteiger partial charge in [-0.15, -0.1) is 0 Å². The number of aromatic nitrogens is 2. The van der Waals surface area contributed by atoms with Crippen LogP contribution in [0.1, 0.15) is 5.82 Å². The molecular formula is C13H17ClN4. The first-order valence-corrected chi connectivity index (χ1v) is 6.66. The van der Waals surface area contributed by atoms with E-state index in [1.165, 1.54) is 0 Å². The van der Waals surface area contributed by atoms with Gasteiger partial charge in [0.2, 0.25) is 0 Å². The Morgan fingerprint density at radius 2 is 2.11 bits per heavy atom. The van der Waals surface area contributed by atoms with Gasteiger partial charge in [0.1, 0.15) is 5.82 Å². The molecule has 0 unspecified atom stereocenters. The molecule has 2 aromatic rings. The Kier molecular flexibility index (Phi) is 3.24. The highest BCUT2D eigenvalue weighted by Crippen LogP contribution is 2.24. The fourth-order valence-corrected chi connectivity index (χ4v) is 2.78.